The number of halogens is 3. The highest BCUT2D eigenvalue weighted by Crippen LogP contribution is 2.46. The topological polar surface area (TPSA) is 55.8 Å². The number of esters is 1. The summed E-state index contributed by atoms with van der Waals surface area (Å²) in [6, 6.07) is 13.6. The van der Waals surface area contributed by atoms with Crippen molar-refractivity contribution in [2.75, 3.05) is 25.1 Å². The molecule has 3 atom stereocenters. The maximum absolute atomic E-state index is 13.9. The number of aryl methyl sites for hydroxylation is 1. The molecule has 3 aliphatic rings. The molecule has 1 saturated heterocycles. The fourth-order valence-corrected chi connectivity index (χ4v) is 7.60. The first-order valence-electron chi connectivity index (χ1n) is 16.1. The van der Waals surface area contributed by atoms with Gasteiger partial charge in [-0.25, -0.2) is 4.79 Å². The first kappa shape index (κ1) is 32.1. The van der Waals surface area contributed by atoms with Crippen molar-refractivity contribution in [3.8, 4) is 5.75 Å². The van der Waals surface area contributed by atoms with Crippen LogP contribution in [0.5, 0.6) is 5.75 Å². The van der Waals surface area contributed by atoms with Gasteiger partial charge in [0.25, 0.3) is 0 Å². The highest BCUT2D eigenvalue weighted by atomic mass is 19.4. The van der Waals surface area contributed by atoms with Gasteiger partial charge in [0, 0.05) is 36.3 Å². The van der Waals surface area contributed by atoms with E-state index in [1.54, 1.807) is 20.1 Å². The number of ketones is 1. The Hall–Kier alpha value is -3.29. The smallest absolute Gasteiger partial charge is 0.416 e. The van der Waals surface area contributed by atoms with Gasteiger partial charge >= 0.3 is 12.1 Å². The van der Waals surface area contributed by atoms with Gasteiger partial charge in [-0.3, -0.25) is 4.79 Å². The molecule has 44 heavy (non-hydrogen) atoms. The van der Waals surface area contributed by atoms with Crippen LogP contribution in [0, 0.1) is 11.8 Å². The number of methoxy groups -OCH3 is 1. The number of ether oxygens (including phenoxy) is 2. The number of para-hydroxylation sites is 1. The van der Waals surface area contributed by atoms with Gasteiger partial charge in [-0.05, 0) is 106 Å². The van der Waals surface area contributed by atoms with E-state index < -0.39 is 17.3 Å². The molecule has 5 nitrogen and oxygen atoms in total. The van der Waals surface area contributed by atoms with Crippen molar-refractivity contribution in [1.82, 2.24) is 0 Å². The van der Waals surface area contributed by atoms with Crippen LogP contribution in [-0.4, -0.2) is 37.6 Å². The monoisotopic (exact) mass is 611 g/mol. The van der Waals surface area contributed by atoms with Crippen LogP contribution >= 0.6 is 0 Å². The zero-order chi connectivity index (χ0) is 31.3. The predicted molar refractivity (Wildman–Crippen MR) is 165 cm³/mol. The Morgan fingerprint density at radius 3 is 2.59 bits per heavy atom. The van der Waals surface area contributed by atoms with Crippen molar-refractivity contribution in [2.45, 2.75) is 95.8 Å². The number of alkyl halides is 3. The van der Waals surface area contributed by atoms with E-state index in [0.29, 0.717) is 61.5 Å². The molecule has 238 valence electrons. The van der Waals surface area contributed by atoms with Crippen LogP contribution in [0.3, 0.4) is 0 Å². The largest absolute Gasteiger partial charge is 0.496 e. The van der Waals surface area contributed by atoms with Gasteiger partial charge in [0.2, 0.25) is 0 Å². The molecule has 8 heteroatoms. The molecule has 1 saturated carbocycles. The number of benzene rings is 2. The molecule has 1 spiro atoms. The lowest BCUT2D eigenvalue weighted by Crippen LogP contribution is -2.35. The van der Waals surface area contributed by atoms with Crippen LogP contribution in [0.1, 0.15) is 88.7 Å². The van der Waals surface area contributed by atoms with Crippen LogP contribution < -0.4 is 9.64 Å². The van der Waals surface area contributed by atoms with Crippen LogP contribution in [-0.2, 0) is 26.9 Å². The Morgan fingerprint density at radius 1 is 1.00 bits per heavy atom. The van der Waals surface area contributed by atoms with Crippen LogP contribution in [0.4, 0.5) is 18.9 Å². The fourth-order valence-electron chi connectivity index (χ4n) is 7.60. The summed E-state index contributed by atoms with van der Waals surface area (Å²) in [6.45, 7) is 2.97. The minimum absolute atomic E-state index is 0.000455. The molecule has 0 aromatic heterocycles. The number of anilines is 1. The van der Waals surface area contributed by atoms with E-state index in [-0.39, 0.29) is 17.7 Å². The summed E-state index contributed by atoms with van der Waals surface area (Å²) in [5.74, 6) is 1.18. The number of nitrogens with zero attached hydrogens (tertiary/aromatic N) is 1. The fraction of sp³-hybridized carbons (Fsp3) is 0.556. The summed E-state index contributed by atoms with van der Waals surface area (Å²) < 4.78 is 51.4. The Kier molecular flexibility index (Phi) is 10.1. The van der Waals surface area contributed by atoms with Crippen molar-refractivity contribution in [1.29, 1.82) is 0 Å². The van der Waals surface area contributed by atoms with E-state index in [2.05, 4.69) is 6.07 Å². The first-order chi connectivity index (χ1) is 21.1. The zero-order valence-electron chi connectivity index (χ0n) is 25.9. The molecule has 0 N–H and O–H groups in total. The molecule has 2 heterocycles. The van der Waals surface area contributed by atoms with Crippen LogP contribution in [0.2, 0.25) is 0 Å². The van der Waals surface area contributed by atoms with E-state index in [0.717, 1.165) is 63.2 Å². The highest BCUT2D eigenvalue weighted by molar-refractivity contribution is 6.08. The third-order valence-electron chi connectivity index (χ3n) is 9.96. The third-order valence-corrected chi connectivity index (χ3v) is 9.96. The minimum atomic E-state index is -4.38. The number of Topliss-reactive ketones (excluding diaryl/α,β-unsaturated/α-hetero) is 1. The summed E-state index contributed by atoms with van der Waals surface area (Å²) in [7, 11) is 1.70. The molecular formula is C36H44F3NO4. The van der Waals surface area contributed by atoms with Crippen molar-refractivity contribution >= 4 is 17.4 Å². The summed E-state index contributed by atoms with van der Waals surface area (Å²) in [4.78, 5) is 28.8. The summed E-state index contributed by atoms with van der Waals surface area (Å²) in [6.07, 6.45) is 5.60. The molecule has 3 unspecified atom stereocenters. The normalized spacial score (nSPS) is 24.7. The molecule has 5 rings (SSSR count). The lowest BCUT2D eigenvalue weighted by molar-refractivity contribution is -0.148. The third kappa shape index (κ3) is 7.32. The van der Waals surface area contributed by atoms with Gasteiger partial charge in [0.15, 0.2) is 5.78 Å². The molecular weight excluding hydrogens is 567 g/mol. The number of hydrogen-bond acceptors (Lipinski definition) is 5. The predicted octanol–water partition coefficient (Wildman–Crippen LogP) is 8.50. The number of carbonyl (C=O) groups is 2. The second-order valence-electron chi connectivity index (χ2n) is 12.8. The van der Waals surface area contributed by atoms with Crippen molar-refractivity contribution in [2.24, 2.45) is 11.8 Å². The van der Waals surface area contributed by atoms with Crippen LogP contribution in [0.15, 0.2) is 59.7 Å². The Morgan fingerprint density at radius 2 is 1.80 bits per heavy atom. The summed E-state index contributed by atoms with van der Waals surface area (Å²) in [5, 5.41) is 0. The SMILES string of the molecule is COc1ccccc1CCCC1CCCC2(CC1)OC(=O)C(C)=C2C(=O)CC1CCCN(c2cccc(C(F)(F)F)c2)CC1. The average molecular weight is 612 g/mol. The van der Waals surface area contributed by atoms with E-state index in [9.17, 15) is 22.8 Å². The molecule has 2 aromatic carbocycles. The molecule has 1 aliphatic carbocycles. The van der Waals surface area contributed by atoms with Crippen molar-refractivity contribution in [3.63, 3.8) is 0 Å². The Balaban J connectivity index is 1.19. The Labute approximate surface area is 258 Å². The van der Waals surface area contributed by atoms with Crippen LogP contribution in [0.25, 0.3) is 0 Å². The minimum Gasteiger partial charge on any atom is -0.496 e. The van der Waals surface area contributed by atoms with Gasteiger partial charge in [0.1, 0.15) is 11.4 Å². The molecule has 0 amide bonds. The second kappa shape index (κ2) is 13.8. The van der Waals surface area contributed by atoms with E-state index in [1.807, 2.05) is 23.1 Å². The van der Waals surface area contributed by atoms with Gasteiger partial charge in [-0.15, -0.1) is 0 Å². The van der Waals surface area contributed by atoms with Crippen molar-refractivity contribution < 1.29 is 32.2 Å². The Bertz CT molecular complexity index is 1370. The quantitative estimate of drug-likeness (QED) is 0.266. The summed E-state index contributed by atoms with van der Waals surface area (Å²) in [5.41, 5.74) is 1.33. The van der Waals surface area contributed by atoms with E-state index >= 15 is 0 Å². The first-order valence-corrected chi connectivity index (χ1v) is 16.1. The summed E-state index contributed by atoms with van der Waals surface area (Å²) >= 11 is 0. The molecule has 0 bridgehead atoms. The van der Waals surface area contributed by atoms with Gasteiger partial charge in [0.05, 0.1) is 12.7 Å². The van der Waals surface area contributed by atoms with Gasteiger partial charge in [-0.2, -0.15) is 13.2 Å². The molecule has 2 aliphatic heterocycles. The van der Waals surface area contributed by atoms with E-state index in [4.69, 9.17) is 9.47 Å². The molecule has 2 aromatic rings. The maximum Gasteiger partial charge on any atom is 0.416 e. The second-order valence-corrected chi connectivity index (χ2v) is 12.8. The van der Waals surface area contributed by atoms with Gasteiger partial charge in [-0.1, -0.05) is 37.1 Å². The number of hydrogen-bond donors (Lipinski definition) is 0. The zero-order valence-corrected chi connectivity index (χ0v) is 25.9. The maximum atomic E-state index is 13.9. The van der Waals surface area contributed by atoms with E-state index in [1.165, 1.54) is 17.7 Å². The number of rotatable bonds is 9. The molecule has 2 fully saturated rings. The standard InChI is InChI=1S/C36H44F3NO4/c1-25-33(31(41)23-27-11-8-21-40(22-18-27)30-15-6-14-29(24-30)36(37,38)39)35(44-34(25)42)19-7-10-26(17-20-35)9-5-13-28-12-3-4-16-32(28)43-2/h3-4,6,12,14-16,24,26-27H,5,7-11,13,17-23H2,1-2H3. The average Bonchev–Trinajstić information content (AvgIpc) is 3.20. The van der Waals surface area contributed by atoms with Gasteiger partial charge < -0.3 is 14.4 Å². The molecule has 0 radical (unpaired) electrons. The number of carbonyl (C=O) groups excluding carboxylic acids is 2. The lowest BCUT2D eigenvalue weighted by Gasteiger charge is -2.30. The highest BCUT2D eigenvalue weighted by Gasteiger charge is 2.49. The lowest BCUT2D eigenvalue weighted by atomic mass is 9.79. The van der Waals surface area contributed by atoms with Crippen molar-refractivity contribution in [3.05, 3.63) is 70.8 Å².